The number of hydrogen-bond donors (Lipinski definition) is 2. The van der Waals surface area contributed by atoms with Crippen LogP contribution in [0, 0.1) is 5.41 Å². The minimum Gasteiger partial charge on any atom is -0.444 e. The molecule has 0 spiro atoms. The van der Waals surface area contributed by atoms with Crippen molar-refractivity contribution >= 4 is 11.8 Å². The molecule has 1 amide bonds. The number of carbonyl (C=O) groups is 1. The summed E-state index contributed by atoms with van der Waals surface area (Å²) in [4.78, 5) is 13.3. The third-order valence-electron chi connectivity index (χ3n) is 2.47. The van der Waals surface area contributed by atoms with Crippen LogP contribution in [0.4, 0.5) is 4.79 Å². The molecule has 96 valence electrons. The molecule has 0 unspecified atom stereocenters. The normalized spacial score (nSPS) is 20.2. The van der Waals surface area contributed by atoms with Crippen LogP contribution < -0.4 is 5.73 Å². The van der Waals surface area contributed by atoms with E-state index in [-0.39, 0.29) is 12.6 Å². The second kappa shape index (κ2) is 4.77. The van der Waals surface area contributed by atoms with E-state index in [4.69, 9.17) is 15.9 Å². The number of amides is 1. The van der Waals surface area contributed by atoms with Gasteiger partial charge in [0, 0.05) is 12.2 Å². The number of rotatable bonds is 0. The molecule has 0 aromatic rings. The lowest BCUT2D eigenvalue weighted by atomic mass is 10.0. The van der Waals surface area contributed by atoms with Crippen molar-refractivity contribution in [2.75, 3.05) is 13.1 Å². The van der Waals surface area contributed by atoms with E-state index in [1.165, 1.54) is 0 Å². The van der Waals surface area contributed by atoms with Crippen molar-refractivity contribution in [2.24, 2.45) is 5.73 Å². The Labute approximate surface area is 102 Å². The van der Waals surface area contributed by atoms with Gasteiger partial charge in [-0.15, -0.1) is 0 Å². The third kappa shape index (κ3) is 3.76. The van der Waals surface area contributed by atoms with E-state index in [1.54, 1.807) is 11.8 Å². The van der Waals surface area contributed by atoms with Gasteiger partial charge in [0.1, 0.15) is 5.60 Å². The van der Waals surface area contributed by atoms with E-state index in [0.29, 0.717) is 24.4 Å². The molecule has 17 heavy (non-hydrogen) atoms. The number of hydrogen-bond acceptors (Lipinski definition) is 4. The van der Waals surface area contributed by atoms with Gasteiger partial charge in [-0.1, -0.05) is 0 Å². The zero-order chi connectivity index (χ0) is 13.2. The number of carbonyl (C=O) groups excluding carboxylic acids is 1. The smallest absolute Gasteiger partial charge is 0.410 e. The Morgan fingerprint density at radius 1 is 1.47 bits per heavy atom. The molecule has 0 radical (unpaired) electrons. The van der Waals surface area contributed by atoms with Crippen LogP contribution in [0.2, 0.25) is 0 Å². The summed E-state index contributed by atoms with van der Waals surface area (Å²) in [6, 6.07) is 0. The average Bonchev–Trinajstić information content (AvgIpc) is 2.14. The number of nitrogens with two attached hydrogens (primary N) is 1. The molecule has 1 rings (SSSR count). The van der Waals surface area contributed by atoms with Crippen LogP contribution >= 0.6 is 0 Å². The van der Waals surface area contributed by atoms with Crippen molar-refractivity contribution in [3.05, 3.63) is 11.3 Å². The Kier molecular flexibility index (Phi) is 3.80. The first-order valence-corrected chi connectivity index (χ1v) is 5.71. The Hall–Kier alpha value is -1.52. The molecule has 0 saturated carbocycles. The van der Waals surface area contributed by atoms with Gasteiger partial charge in [-0.2, -0.15) is 0 Å². The fourth-order valence-corrected chi connectivity index (χ4v) is 1.68. The van der Waals surface area contributed by atoms with Gasteiger partial charge < -0.3 is 20.8 Å². The molecule has 0 aromatic carbocycles. The van der Waals surface area contributed by atoms with Crippen molar-refractivity contribution in [1.82, 2.24) is 4.90 Å². The quantitative estimate of drug-likeness (QED) is 0.677. The van der Waals surface area contributed by atoms with Crippen LogP contribution in [-0.4, -0.2) is 35.4 Å². The predicted molar refractivity (Wildman–Crippen MR) is 67.0 cm³/mol. The fraction of sp³-hybridized carbons (Fsp3) is 0.667. The van der Waals surface area contributed by atoms with Gasteiger partial charge in [0.15, 0.2) is 0 Å². The molecule has 5 nitrogen and oxygen atoms in total. The second-order valence-corrected chi connectivity index (χ2v) is 5.29. The number of allylic oxidation sites excluding steroid dienone is 1. The van der Waals surface area contributed by atoms with Gasteiger partial charge in [-0.05, 0) is 39.7 Å². The molecule has 0 aliphatic carbocycles. The lowest BCUT2D eigenvalue weighted by Gasteiger charge is -2.31. The molecule has 1 fully saturated rings. The van der Waals surface area contributed by atoms with Crippen molar-refractivity contribution in [3.8, 4) is 0 Å². The monoisotopic (exact) mass is 239 g/mol. The number of ether oxygens (including phenoxy) is 1. The zero-order valence-electron chi connectivity index (χ0n) is 11.0. The largest absolute Gasteiger partial charge is 0.444 e. The van der Waals surface area contributed by atoms with Gasteiger partial charge in [0.25, 0.3) is 0 Å². The minimum absolute atomic E-state index is 0.277. The maximum atomic E-state index is 11.8. The van der Waals surface area contributed by atoms with Crippen molar-refractivity contribution in [2.45, 2.75) is 39.7 Å². The van der Waals surface area contributed by atoms with Crippen molar-refractivity contribution < 1.29 is 9.53 Å². The molecule has 1 saturated heterocycles. The van der Waals surface area contributed by atoms with Crippen LogP contribution in [0.25, 0.3) is 0 Å². The maximum Gasteiger partial charge on any atom is 0.410 e. The Morgan fingerprint density at radius 3 is 2.47 bits per heavy atom. The third-order valence-corrected chi connectivity index (χ3v) is 2.47. The zero-order valence-corrected chi connectivity index (χ0v) is 11.0. The Morgan fingerprint density at radius 2 is 2.06 bits per heavy atom. The van der Waals surface area contributed by atoms with Crippen molar-refractivity contribution in [1.29, 1.82) is 5.41 Å². The minimum atomic E-state index is -0.501. The average molecular weight is 239 g/mol. The first kappa shape index (κ1) is 13.5. The molecule has 0 bridgehead atoms. The molecule has 5 heteroatoms. The van der Waals surface area contributed by atoms with Gasteiger partial charge in [0.2, 0.25) is 0 Å². The van der Waals surface area contributed by atoms with E-state index in [9.17, 15) is 4.79 Å². The highest BCUT2D eigenvalue weighted by Crippen LogP contribution is 2.18. The molecule has 0 aromatic heterocycles. The van der Waals surface area contributed by atoms with E-state index < -0.39 is 5.60 Å². The van der Waals surface area contributed by atoms with E-state index in [1.807, 2.05) is 20.8 Å². The molecular formula is C12H21N3O2. The summed E-state index contributed by atoms with van der Waals surface area (Å²) < 4.78 is 5.26. The summed E-state index contributed by atoms with van der Waals surface area (Å²) in [6.07, 6.45) is 0.261. The molecule has 3 N–H and O–H groups in total. The standard InChI is InChI=1S/C12H21N3O2/c1-8(13)9-5-6-15(7-10(9)14)11(16)17-12(2,3)4/h14H,5-7,13H2,1-4H3/b9-8-,14-10?. The highest BCUT2D eigenvalue weighted by atomic mass is 16.6. The van der Waals surface area contributed by atoms with Gasteiger partial charge in [-0.3, -0.25) is 0 Å². The van der Waals surface area contributed by atoms with E-state index in [0.717, 1.165) is 5.57 Å². The van der Waals surface area contributed by atoms with Crippen LogP contribution in [0.3, 0.4) is 0 Å². The lowest BCUT2D eigenvalue weighted by Crippen LogP contribution is -2.44. The fourth-order valence-electron chi connectivity index (χ4n) is 1.68. The summed E-state index contributed by atoms with van der Waals surface area (Å²) in [6.45, 7) is 8.10. The Bertz CT molecular complexity index is 362. The first-order valence-electron chi connectivity index (χ1n) is 5.71. The SMILES string of the molecule is C/C(N)=C1\CCN(C(=O)OC(C)(C)C)CC1=N. The van der Waals surface area contributed by atoms with Gasteiger partial charge >= 0.3 is 6.09 Å². The highest BCUT2D eigenvalue weighted by molar-refractivity contribution is 6.01. The van der Waals surface area contributed by atoms with Gasteiger partial charge in [0.05, 0.1) is 12.3 Å². The topological polar surface area (TPSA) is 79.4 Å². The molecular weight excluding hydrogens is 218 g/mol. The number of nitrogens with zero attached hydrogens (tertiary/aromatic N) is 1. The molecule has 0 atom stereocenters. The van der Waals surface area contributed by atoms with Crippen LogP contribution in [0.5, 0.6) is 0 Å². The molecule has 1 heterocycles. The first-order chi connectivity index (χ1) is 7.70. The molecule has 1 aliphatic heterocycles. The number of piperidine rings is 1. The highest BCUT2D eigenvalue weighted by Gasteiger charge is 2.27. The summed E-state index contributed by atoms with van der Waals surface area (Å²) in [5.74, 6) is 0. The maximum absolute atomic E-state index is 11.8. The van der Waals surface area contributed by atoms with Gasteiger partial charge in [-0.25, -0.2) is 4.79 Å². The van der Waals surface area contributed by atoms with Crippen molar-refractivity contribution in [3.63, 3.8) is 0 Å². The predicted octanol–water partition coefficient (Wildman–Crippen LogP) is 1.88. The number of nitrogens with one attached hydrogen (secondary N) is 1. The molecule has 1 aliphatic rings. The second-order valence-electron chi connectivity index (χ2n) is 5.29. The van der Waals surface area contributed by atoms with E-state index in [2.05, 4.69) is 0 Å². The summed E-state index contributed by atoms with van der Waals surface area (Å²) in [7, 11) is 0. The van der Waals surface area contributed by atoms with Crippen LogP contribution in [0.15, 0.2) is 11.3 Å². The van der Waals surface area contributed by atoms with Crippen LogP contribution in [0.1, 0.15) is 34.1 Å². The van der Waals surface area contributed by atoms with Crippen LogP contribution in [-0.2, 0) is 4.74 Å². The summed E-state index contributed by atoms with van der Waals surface area (Å²) >= 11 is 0. The summed E-state index contributed by atoms with van der Waals surface area (Å²) in [5.41, 5.74) is 7.11. The van der Waals surface area contributed by atoms with E-state index >= 15 is 0 Å². The number of likely N-dealkylation sites (tertiary alicyclic amines) is 1. The lowest BCUT2D eigenvalue weighted by molar-refractivity contribution is 0.0274. The summed E-state index contributed by atoms with van der Waals surface area (Å²) in [5, 5.41) is 7.84. The Balaban J connectivity index is 2.65.